The molecule has 1 aliphatic rings. The van der Waals surface area contributed by atoms with E-state index in [1.165, 1.54) is 0 Å². The molecule has 1 aliphatic heterocycles. The van der Waals surface area contributed by atoms with E-state index >= 15 is 0 Å². The van der Waals surface area contributed by atoms with Gasteiger partial charge in [0, 0.05) is 13.0 Å². The minimum absolute atomic E-state index is 0.0460. The molecule has 0 aromatic heterocycles. The molecule has 1 unspecified atom stereocenters. The number of likely N-dealkylation sites (tertiary alicyclic amines) is 1. The number of rotatable bonds is 4. The van der Waals surface area contributed by atoms with Crippen molar-refractivity contribution < 1.29 is 9.90 Å². The van der Waals surface area contributed by atoms with E-state index in [9.17, 15) is 9.90 Å². The van der Waals surface area contributed by atoms with Crippen LogP contribution in [0.25, 0.3) is 0 Å². The highest BCUT2D eigenvalue weighted by Crippen LogP contribution is 2.40. The van der Waals surface area contributed by atoms with Gasteiger partial charge in [-0.2, -0.15) is 0 Å². The summed E-state index contributed by atoms with van der Waals surface area (Å²) in [6, 6.07) is 19.8. The highest BCUT2D eigenvalue weighted by atomic mass is 16.3. The number of benzene rings is 2. The molecule has 3 rings (SSSR count). The van der Waals surface area contributed by atoms with Crippen LogP contribution in [0.3, 0.4) is 0 Å². The number of aliphatic hydroxyl groups is 1. The van der Waals surface area contributed by atoms with Gasteiger partial charge in [-0.15, -0.1) is 0 Å². The Balaban J connectivity index is 1.97. The predicted molar refractivity (Wildman–Crippen MR) is 81.4 cm³/mol. The van der Waals surface area contributed by atoms with E-state index < -0.39 is 5.54 Å². The monoisotopic (exact) mass is 281 g/mol. The molecular weight excluding hydrogens is 262 g/mol. The van der Waals surface area contributed by atoms with Crippen LogP contribution in [0, 0.1) is 0 Å². The first-order valence-corrected chi connectivity index (χ1v) is 7.27. The number of nitrogens with zero attached hydrogens (tertiary/aromatic N) is 1. The van der Waals surface area contributed by atoms with Gasteiger partial charge in [0.15, 0.2) is 0 Å². The second kappa shape index (κ2) is 5.70. The molecule has 0 saturated carbocycles. The molecule has 2 aromatic rings. The summed E-state index contributed by atoms with van der Waals surface area (Å²) in [5.41, 5.74) is 1.50. The fraction of sp³-hybridized carbons (Fsp3) is 0.278. The van der Waals surface area contributed by atoms with Crippen molar-refractivity contribution >= 4 is 5.91 Å². The maximum atomic E-state index is 12.3. The molecule has 21 heavy (non-hydrogen) atoms. The van der Waals surface area contributed by atoms with Crippen LogP contribution in [0.1, 0.15) is 24.0 Å². The van der Waals surface area contributed by atoms with Gasteiger partial charge in [0.1, 0.15) is 0 Å². The van der Waals surface area contributed by atoms with E-state index in [0.717, 1.165) is 11.1 Å². The van der Waals surface area contributed by atoms with Gasteiger partial charge in [0.2, 0.25) is 5.91 Å². The molecule has 1 atom stereocenters. The summed E-state index contributed by atoms with van der Waals surface area (Å²) in [6.07, 6.45) is 1.15. The fourth-order valence-electron chi connectivity index (χ4n) is 3.13. The van der Waals surface area contributed by atoms with Gasteiger partial charge in [-0.3, -0.25) is 4.79 Å². The van der Waals surface area contributed by atoms with Crippen LogP contribution in [0.4, 0.5) is 0 Å². The summed E-state index contributed by atoms with van der Waals surface area (Å²) in [6.45, 7) is 0.491. The standard InChI is InChI=1S/C18H19NO2/c20-14-18(16-9-5-2-6-10-16)12-11-17(21)19(18)13-15-7-3-1-4-8-15/h1-10,20H,11-14H2. The van der Waals surface area contributed by atoms with Crippen molar-refractivity contribution in [2.75, 3.05) is 6.61 Å². The van der Waals surface area contributed by atoms with Gasteiger partial charge < -0.3 is 10.0 Å². The number of amides is 1. The third-order valence-corrected chi connectivity index (χ3v) is 4.33. The molecule has 1 saturated heterocycles. The quantitative estimate of drug-likeness (QED) is 0.936. The van der Waals surface area contributed by atoms with Gasteiger partial charge in [0.25, 0.3) is 0 Å². The zero-order valence-corrected chi connectivity index (χ0v) is 11.9. The summed E-state index contributed by atoms with van der Waals surface area (Å²) in [5, 5.41) is 10.0. The topological polar surface area (TPSA) is 40.5 Å². The van der Waals surface area contributed by atoms with Crippen molar-refractivity contribution in [2.45, 2.75) is 24.9 Å². The van der Waals surface area contributed by atoms with E-state index in [2.05, 4.69) is 0 Å². The molecule has 2 aromatic carbocycles. The Hall–Kier alpha value is -2.13. The summed E-state index contributed by atoms with van der Waals surface area (Å²) >= 11 is 0. The van der Waals surface area contributed by atoms with Crippen molar-refractivity contribution in [3.63, 3.8) is 0 Å². The van der Waals surface area contributed by atoms with E-state index in [1.807, 2.05) is 65.6 Å². The molecule has 1 amide bonds. The first kappa shape index (κ1) is 13.8. The molecule has 0 radical (unpaired) electrons. The maximum absolute atomic E-state index is 12.3. The zero-order valence-electron chi connectivity index (χ0n) is 11.9. The molecule has 3 nitrogen and oxygen atoms in total. The number of hydrogen-bond acceptors (Lipinski definition) is 2. The number of aliphatic hydroxyl groups excluding tert-OH is 1. The summed E-state index contributed by atoms with van der Waals surface area (Å²) in [5.74, 6) is 0.108. The van der Waals surface area contributed by atoms with E-state index in [0.29, 0.717) is 19.4 Å². The average molecular weight is 281 g/mol. The van der Waals surface area contributed by atoms with Crippen LogP contribution in [-0.4, -0.2) is 22.5 Å². The molecule has 0 aliphatic carbocycles. The Labute approximate surface area is 124 Å². The Morgan fingerprint density at radius 3 is 2.24 bits per heavy atom. The van der Waals surface area contributed by atoms with Crippen LogP contribution in [0.5, 0.6) is 0 Å². The largest absolute Gasteiger partial charge is 0.394 e. The van der Waals surface area contributed by atoms with Crippen LogP contribution >= 0.6 is 0 Å². The second-order valence-electron chi connectivity index (χ2n) is 5.52. The molecule has 1 N–H and O–H groups in total. The normalized spacial score (nSPS) is 21.8. The third-order valence-electron chi connectivity index (χ3n) is 4.33. The van der Waals surface area contributed by atoms with Crippen LogP contribution in [0.2, 0.25) is 0 Å². The van der Waals surface area contributed by atoms with Crippen LogP contribution in [-0.2, 0) is 16.9 Å². The van der Waals surface area contributed by atoms with Gasteiger partial charge in [-0.05, 0) is 17.5 Å². The summed E-state index contributed by atoms with van der Waals surface area (Å²) in [4.78, 5) is 14.2. The summed E-state index contributed by atoms with van der Waals surface area (Å²) < 4.78 is 0. The lowest BCUT2D eigenvalue weighted by atomic mass is 9.87. The lowest BCUT2D eigenvalue weighted by Gasteiger charge is -2.37. The van der Waals surface area contributed by atoms with Gasteiger partial charge in [-0.1, -0.05) is 60.7 Å². The number of carbonyl (C=O) groups is 1. The van der Waals surface area contributed by atoms with Gasteiger partial charge >= 0.3 is 0 Å². The lowest BCUT2D eigenvalue weighted by molar-refractivity contribution is -0.133. The highest BCUT2D eigenvalue weighted by molar-refractivity contribution is 5.80. The molecule has 3 heteroatoms. The smallest absolute Gasteiger partial charge is 0.223 e. The first-order chi connectivity index (χ1) is 10.3. The van der Waals surface area contributed by atoms with E-state index in [1.54, 1.807) is 0 Å². The van der Waals surface area contributed by atoms with Crippen molar-refractivity contribution in [1.29, 1.82) is 0 Å². The first-order valence-electron chi connectivity index (χ1n) is 7.27. The van der Waals surface area contributed by atoms with E-state index in [4.69, 9.17) is 0 Å². The SMILES string of the molecule is O=C1CCC(CO)(c2ccccc2)N1Cc1ccccc1. The minimum Gasteiger partial charge on any atom is -0.394 e. The molecule has 0 spiro atoms. The van der Waals surface area contributed by atoms with Crippen molar-refractivity contribution in [3.8, 4) is 0 Å². The average Bonchev–Trinajstić information content (AvgIpc) is 2.87. The van der Waals surface area contributed by atoms with Crippen molar-refractivity contribution in [3.05, 3.63) is 71.8 Å². The zero-order chi connectivity index (χ0) is 14.7. The Morgan fingerprint density at radius 1 is 1.00 bits per heavy atom. The predicted octanol–water partition coefficient (Wildman–Crippen LogP) is 2.70. The van der Waals surface area contributed by atoms with Gasteiger partial charge in [0.05, 0.1) is 12.1 Å². The third kappa shape index (κ3) is 2.45. The number of hydrogen-bond donors (Lipinski definition) is 1. The van der Waals surface area contributed by atoms with Gasteiger partial charge in [-0.25, -0.2) is 0 Å². The second-order valence-corrected chi connectivity index (χ2v) is 5.52. The van der Waals surface area contributed by atoms with Crippen molar-refractivity contribution in [2.24, 2.45) is 0 Å². The maximum Gasteiger partial charge on any atom is 0.223 e. The molecule has 0 bridgehead atoms. The Bertz CT molecular complexity index is 612. The van der Waals surface area contributed by atoms with Crippen LogP contribution < -0.4 is 0 Å². The summed E-state index contributed by atoms with van der Waals surface area (Å²) in [7, 11) is 0. The Morgan fingerprint density at radius 2 is 1.62 bits per heavy atom. The van der Waals surface area contributed by atoms with E-state index in [-0.39, 0.29) is 12.5 Å². The molecule has 1 heterocycles. The molecular formula is C18H19NO2. The lowest BCUT2D eigenvalue weighted by Crippen LogP contribution is -2.45. The van der Waals surface area contributed by atoms with Crippen molar-refractivity contribution in [1.82, 2.24) is 4.90 Å². The fourth-order valence-corrected chi connectivity index (χ4v) is 3.13. The minimum atomic E-state index is -0.589. The highest BCUT2D eigenvalue weighted by Gasteiger charge is 2.45. The molecule has 108 valence electrons. The Kier molecular flexibility index (Phi) is 3.76. The van der Waals surface area contributed by atoms with Crippen LogP contribution in [0.15, 0.2) is 60.7 Å². The molecule has 1 fully saturated rings. The number of carbonyl (C=O) groups excluding carboxylic acids is 1.